The van der Waals surface area contributed by atoms with Crippen LogP contribution in [0.3, 0.4) is 0 Å². The van der Waals surface area contributed by atoms with E-state index in [0.717, 1.165) is 11.8 Å². The normalized spacial score (nSPS) is 63.4. The summed E-state index contributed by atoms with van der Waals surface area (Å²) in [5.74, 6) is 2.29. The van der Waals surface area contributed by atoms with E-state index < -0.39 is 0 Å². The van der Waals surface area contributed by atoms with E-state index in [4.69, 9.17) is 0 Å². The van der Waals surface area contributed by atoms with Crippen LogP contribution in [0.15, 0.2) is 12.2 Å². The van der Waals surface area contributed by atoms with Crippen molar-refractivity contribution in [2.75, 3.05) is 6.61 Å². The van der Waals surface area contributed by atoms with Crippen LogP contribution >= 0.6 is 0 Å². The van der Waals surface area contributed by atoms with Gasteiger partial charge in [-0.3, -0.25) is 0 Å². The highest BCUT2D eigenvalue weighted by molar-refractivity contribution is 5.47. The van der Waals surface area contributed by atoms with Gasteiger partial charge in [0, 0.05) is 17.4 Å². The Morgan fingerprint density at radius 2 is 2.06 bits per heavy atom. The van der Waals surface area contributed by atoms with E-state index in [2.05, 4.69) is 39.8 Å². The highest BCUT2D eigenvalue weighted by atomic mass is 16.3. The Hall–Kier alpha value is -0.300. The van der Waals surface area contributed by atoms with Crippen LogP contribution in [0.4, 0.5) is 0 Å². The first-order valence-electron chi connectivity index (χ1n) is 7.70. The fourth-order valence-electron chi connectivity index (χ4n) is 7.41. The average molecular weight is 246 g/mol. The van der Waals surface area contributed by atoms with Gasteiger partial charge >= 0.3 is 0 Å². The number of aliphatic hydroxyl groups excluding tert-OH is 1. The maximum Gasteiger partial charge on any atom is 0.0499 e. The third-order valence-electron chi connectivity index (χ3n) is 8.12. The molecule has 1 spiro atoms. The van der Waals surface area contributed by atoms with Crippen LogP contribution in [-0.2, 0) is 0 Å². The van der Waals surface area contributed by atoms with Crippen LogP contribution in [0.5, 0.6) is 0 Å². The number of allylic oxidation sites excluding steroid dienone is 2. The van der Waals surface area contributed by atoms with E-state index in [1.165, 1.54) is 19.3 Å². The number of fused-ring (bicyclic) bond motifs is 1. The average Bonchev–Trinajstić information content (AvgIpc) is 2.55. The van der Waals surface area contributed by atoms with Gasteiger partial charge in [-0.25, -0.2) is 0 Å². The summed E-state index contributed by atoms with van der Waals surface area (Å²) >= 11 is 0. The second-order valence-electron chi connectivity index (χ2n) is 8.31. The molecule has 1 heteroatoms. The van der Waals surface area contributed by atoms with E-state index in [9.17, 15) is 5.11 Å². The molecule has 1 nitrogen and oxygen atoms in total. The maximum atomic E-state index is 10.0. The minimum absolute atomic E-state index is 0.240. The Morgan fingerprint density at radius 3 is 2.67 bits per heavy atom. The summed E-state index contributed by atoms with van der Waals surface area (Å²) in [5.41, 5.74) is 1.46. The molecule has 0 aliphatic heterocycles. The Kier molecular flexibility index (Phi) is 1.76. The molecule has 6 atom stereocenters. The number of aliphatic hydroxyl groups is 1. The Balaban J connectivity index is 1.88. The number of hydrogen-bond acceptors (Lipinski definition) is 1. The molecule has 100 valence electrons. The third-order valence-corrected chi connectivity index (χ3v) is 8.12. The highest BCUT2D eigenvalue weighted by Crippen LogP contribution is 2.94. The van der Waals surface area contributed by atoms with E-state index in [0.29, 0.717) is 28.8 Å². The van der Waals surface area contributed by atoms with Gasteiger partial charge in [-0.05, 0) is 47.8 Å². The molecule has 4 aliphatic carbocycles. The zero-order valence-electron chi connectivity index (χ0n) is 12.2. The van der Waals surface area contributed by atoms with Gasteiger partial charge in [-0.1, -0.05) is 39.8 Å². The Labute approximate surface area is 111 Å². The molecule has 0 aromatic rings. The third kappa shape index (κ3) is 0.740. The van der Waals surface area contributed by atoms with E-state index in [1.54, 1.807) is 0 Å². The van der Waals surface area contributed by atoms with Crippen molar-refractivity contribution in [1.82, 2.24) is 0 Å². The standard InChI is InChI=1S/C17H26O/c1-11(2)12-5-7-17-8-6-13-15(17,4)16(13,10-18)9-14(12,17)3/h6,8,11-13,18H,5,7,9-10H2,1-4H3/t12-,13-,14-,15+,16+,17-/m1/s1. The summed E-state index contributed by atoms with van der Waals surface area (Å²) in [6.07, 6.45) is 9.04. The molecule has 0 radical (unpaired) electrons. The Morgan fingerprint density at radius 1 is 1.33 bits per heavy atom. The van der Waals surface area contributed by atoms with Gasteiger partial charge in [0.15, 0.2) is 0 Å². The lowest BCUT2D eigenvalue weighted by molar-refractivity contribution is 0.0507. The zero-order valence-corrected chi connectivity index (χ0v) is 12.2. The predicted octanol–water partition coefficient (Wildman–Crippen LogP) is 3.63. The van der Waals surface area contributed by atoms with Gasteiger partial charge in [0.2, 0.25) is 0 Å². The fourth-order valence-corrected chi connectivity index (χ4v) is 7.41. The molecule has 0 heterocycles. The minimum Gasteiger partial charge on any atom is -0.396 e. The van der Waals surface area contributed by atoms with E-state index in [1.807, 2.05) is 0 Å². The van der Waals surface area contributed by atoms with E-state index >= 15 is 0 Å². The van der Waals surface area contributed by atoms with E-state index in [-0.39, 0.29) is 5.41 Å². The van der Waals surface area contributed by atoms with Crippen molar-refractivity contribution in [2.45, 2.75) is 47.0 Å². The van der Waals surface area contributed by atoms with Crippen molar-refractivity contribution in [3.8, 4) is 0 Å². The number of rotatable bonds is 2. The van der Waals surface area contributed by atoms with Crippen LogP contribution in [-0.4, -0.2) is 11.7 Å². The van der Waals surface area contributed by atoms with Crippen LogP contribution in [0.1, 0.15) is 47.0 Å². The Bertz CT molecular complexity index is 453. The van der Waals surface area contributed by atoms with Gasteiger partial charge < -0.3 is 5.11 Å². The topological polar surface area (TPSA) is 20.2 Å². The zero-order chi connectivity index (χ0) is 13.0. The van der Waals surface area contributed by atoms with Crippen molar-refractivity contribution in [3.05, 3.63) is 12.2 Å². The molecule has 0 amide bonds. The molecular weight excluding hydrogens is 220 g/mol. The van der Waals surface area contributed by atoms with Gasteiger partial charge in [0.05, 0.1) is 0 Å². The summed E-state index contributed by atoms with van der Waals surface area (Å²) in [6.45, 7) is 10.2. The fraction of sp³-hybridized carbons (Fsp3) is 0.882. The van der Waals surface area contributed by atoms with Crippen LogP contribution in [0, 0.1) is 39.4 Å². The van der Waals surface area contributed by atoms with Crippen LogP contribution < -0.4 is 0 Å². The lowest BCUT2D eigenvalue weighted by Crippen LogP contribution is -2.39. The first kappa shape index (κ1) is 11.5. The monoisotopic (exact) mass is 246 g/mol. The molecule has 0 unspecified atom stereocenters. The quantitative estimate of drug-likeness (QED) is 0.738. The summed E-state index contributed by atoms with van der Waals surface area (Å²) in [5, 5.41) is 10.0. The largest absolute Gasteiger partial charge is 0.396 e. The first-order chi connectivity index (χ1) is 8.40. The van der Waals surface area contributed by atoms with Crippen molar-refractivity contribution in [1.29, 1.82) is 0 Å². The molecule has 0 aromatic heterocycles. The minimum atomic E-state index is 0.240. The first-order valence-corrected chi connectivity index (χ1v) is 7.70. The summed E-state index contributed by atoms with van der Waals surface area (Å²) in [4.78, 5) is 0. The van der Waals surface area contributed by atoms with Gasteiger partial charge in [-0.2, -0.15) is 0 Å². The van der Waals surface area contributed by atoms with Crippen molar-refractivity contribution in [2.24, 2.45) is 39.4 Å². The van der Waals surface area contributed by atoms with Crippen LogP contribution in [0.25, 0.3) is 0 Å². The van der Waals surface area contributed by atoms with Crippen molar-refractivity contribution >= 4 is 0 Å². The van der Waals surface area contributed by atoms with Gasteiger partial charge in [0.25, 0.3) is 0 Å². The smallest absolute Gasteiger partial charge is 0.0499 e. The second-order valence-corrected chi connectivity index (χ2v) is 8.31. The number of hydrogen-bond donors (Lipinski definition) is 1. The molecule has 0 aromatic carbocycles. The highest BCUT2D eigenvalue weighted by Gasteiger charge is 2.90. The molecule has 0 bridgehead atoms. The summed E-state index contributed by atoms with van der Waals surface area (Å²) < 4.78 is 0. The molecule has 3 fully saturated rings. The molecule has 4 aliphatic rings. The molecular formula is C17H26O. The van der Waals surface area contributed by atoms with Crippen LogP contribution in [0.2, 0.25) is 0 Å². The second kappa shape index (κ2) is 2.75. The molecule has 0 saturated heterocycles. The predicted molar refractivity (Wildman–Crippen MR) is 73.0 cm³/mol. The SMILES string of the molecule is CC(C)[C@H]1CC[C@@]23C=C[C@H]4[C@@](CO)(C[C@]12C)[C@]43C. The van der Waals surface area contributed by atoms with Gasteiger partial charge in [0.1, 0.15) is 0 Å². The molecule has 1 N–H and O–H groups in total. The maximum absolute atomic E-state index is 10.0. The van der Waals surface area contributed by atoms with Crippen molar-refractivity contribution in [3.63, 3.8) is 0 Å². The lowest BCUT2D eigenvalue weighted by Gasteiger charge is -2.45. The summed E-state index contributed by atoms with van der Waals surface area (Å²) in [7, 11) is 0. The molecule has 18 heavy (non-hydrogen) atoms. The van der Waals surface area contributed by atoms with Crippen molar-refractivity contribution < 1.29 is 5.11 Å². The summed E-state index contributed by atoms with van der Waals surface area (Å²) in [6, 6.07) is 0. The molecule has 3 saturated carbocycles. The van der Waals surface area contributed by atoms with Gasteiger partial charge in [-0.15, -0.1) is 0 Å². The lowest BCUT2D eigenvalue weighted by atomic mass is 9.59. The molecule has 4 rings (SSSR count).